The summed E-state index contributed by atoms with van der Waals surface area (Å²) in [6.07, 6.45) is 0.877. The Labute approximate surface area is 116 Å². The second-order valence-corrected chi connectivity index (χ2v) is 5.11. The molecule has 4 heteroatoms. The standard InChI is InChI=1S/C14H13Cl2NO/c1-9-5-12(8-18)10(2)17(9)7-11-3-4-13(15)6-14(11)16/h3-6,8H,7H2,1-2H3. The second-order valence-electron chi connectivity index (χ2n) is 4.27. The molecule has 0 amide bonds. The van der Waals surface area contributed by atoms with Gasteiger partial charge in [0.05, 0.1) is 0 Å². The highest BCUT2D eigenvalue weighted by Gasteiger charge is 2.10. The van der Waals surface area contributed by atoms with Gasteiger partial charge in [-0.25, -0.2) is 0 Å². The van der Waals surface area contributed by atoms with Crippen LogP contribution in [0, 0.1) is 13.8 Å². The Bertz CT molecular complexity index is 602. The number of nitrogens with zero attached hydrogens (tertiary/aromatic N) is 1. The Morgan fingerprint density at radius 2 is 1.94 bits per heavy atom. The predicted octanol–water partition coefficient (Wildman–Crippen LogP) is 4.27. The minimum atomic E-state index is 0.623. The van der Waals surface area contributed by atoms with Crippen LogP contribution in [0.2, 0.25) is 10.0 Å². The van der Waals surface area contributed by atoms with Gasteiger partial charge in [-0.05, 0) is 37.6 Å². The summed E-state index contributed by atoms with van der Waals surface area (Å²) in [6, 6.07) is 7.33. The summed E-state index contributed by atoms with van der Waals surface area (Å²) in [6.45, 7) is 4.55. The monoisotopic (exact) mass is 281 g/mol. The minimum Gasteiger partial charge on any atom is -0.344 e. The van der Waals surface area contributed by atoms with Gasteiger partial charge in [0.1, 0.15) is 0 Å². The first-order valence-corrected chi connectivity index (χ1v) is 6.34. The molecule has 1 aromatic heterocycles. The van der Waals surface area contributed by atoms with Crippen molar-refractivity contribution in [3.63, 3.8) is 0 Å². The van der Waals surface area contributed by atoms with E-state index in [9.17, 15) is 4.79 Å². The zero-order valence-corrected chi connectivity index (χ0v) is 11.7. The van der Waals surface area contributed by atoms with Crippen LogP contribution in [-0.4, -0.2) is 10.9 Å². The van der Waals surface area contributed by atoms with Crippen LogP contribution >= 0.6 is 23.2 Å². The van der Waals surface area contributed by atoms with E-state index in [-0.39, 0.29) is 0 Å². The topological polar surface area (TPSA) is 22.0 Å². The van der Waals surface area contributed by atoms with Gasteiger partial charge in [-0.1, -0.05) is 29.3 Å². The largest absolute Gasteiger partial charge is 0.344 e. The van der Waals surface area contributed by atoms with Gasteiger partial charge in [0.25, 0.3) is 0 Å². The van der Waals surface area contributed by atoms with Gasteiger partial charge in [-0.15, -0.1) is 0 Å². The van der Waals surface area contributed by atoms with Crippen LogP contribution in [0.4, 0.5) is 0 Å². The molecular formula is C14H13Cl2NO. The normalized spacial score (nSPS) is 10.7. The molecule has 0 unspecified atom stereocenters. The fraction of sp³-hybridized carbons (Fsp3) is 0.214. The summed E-state index contributed by atoms with van der Waals surface area (Å²) in [5, 5.41) is 1.26. The summed E-state index contributed by atoms with van der Waals surface area (Å²) >= 11 is 12.0. The van der Waals surface area contributed by atoms with Crippen molar-refractivity contribution in [3.8, 4) is 0 Å². The SMILES string of the molecule is Cc1cc(C=O)c(C)n1Cc1ccc(Cl)cc1Cl. The van der Waals surface area contributed by atoms with Crippen molar-refractivity contribution in [1.29, 1.82) is 0 Å². The maximum atomic E-state index is 10.9. The molecule has 2 nitrogen and oxygen atoms in total. The van der Waals surface area contributed by atoms with Crippen molar-refractivity contribution in [2.45, 2.75) is 20.4 Å². The van der Waals surface area contributed by atoms with E-state index in [1.54, 1.807) is 6.07 Å². The maximum Gasteiger partial charge on any atom is 0.151 e. The first-order valence-electron chi connectivity index (χ1n) is 5.58. The first-order chi connectivity index (χ1) is 8.52. The molecule has 2 aromatic rings. The Hall–Kier alpha value is -1.25. The lowest BCUT2D eigenvalue weighted by molar-refractivity contribution is 0.112. The number of halogens is 2. The molecule has 0 saturated carbocycles. The van der Waals surface area contributed by atoms with Gasteiger partial charge in [0.15, 0.2) is 6.29 Å². The average molecular weight is 282 g/mol. The minimum absolute atomic E-state index is 0.623. The van der Waals surface area contributed by atoms with Crippen LogP contribution < -0.4 is 0 Å². The fourth-order valence-electron chi connectivity index (χ4n) is 2.01. The third-order valence-corrected chi connectivity index (χ3v) is 3.67. The van der Waals surface area contributed by atoms with Gasteiger partial charge in [-0.3, -0.25) is 4.79 Å². The molecule has 0 bridgehead atoms. The van der Waals surface area contributed by atoms with E-state index in [1.807, 2.05) is 32.0 Å². The molecular weight excluding hydrogens is 269 g/mol. The van der Waals surface area contributed by atoms with E-state index in [4.69, 9.17) is 23.2 Å². The van der Waals surface area contributed by atoms with E-state index in [0.29, 0.717) is 16.6 Å². The van der Waals surface area contributed by atoms with Crippen molar-refractivity contribution in [1.82, 2.24) is 4.57 Å². The quantitative estimate of drug-likeness (QED) is 0.770. The smallest absolute Gasteiger partial charge is 0.151 e. The molecule has 0 fully saturated rings. The molecule has 0 aliphatic heterocycles. The molecule has 0 aliphatic carbocycles. The summed E-state index contributed by atoms with van der Waals surface area (Å²) in [5.74, 6) is 0. The summed E-state index contributed by atoms with van der Waals surface area (Å²) < 4.78 is 2.07. The molecule has 0 N–H and O–H groups in total. The van der Waals surface area contributed by atoms with Gasteiger partial charge in [0, 0.05) is 33.5 Å². The zero-order chi connectivity index (χ0) is 13.3. The van der Waals surface area contributed by atoms with Crippen molar-refractivity contribution < 1.29 is 4.79 Å². The Kier molecular flexibility index (Phi) is 3.79. The molecule has 2 rings (SSSR count). The highest BCUT2D eigenvalue weighted by molar-refractivity contribution is 6.35. The molecule has 1 heterocycles. The Morgan fingerprint density at radius 3 is 2.50 bits per heavy atom. The molecule has 0 spiro atoms. The van der Waals surface area contributed by atoms with Crippen LogP contribution in [0.5, 0.6) is 0 Å². The van der Waals surface area contributed by atoms with E-state index >= 15 is 0 Å². The van der Waals surface area contributed by atoms with Gasteiger partial charge >= 0.3 is 0 Å². The highest BCUT2D eigenvalue weighted by atomic mass is 35.5. The molecule has 0 saturated heterocycles. The summed E-state index contributed by atoms with van der Waals surface area (Å²) in [4.78, 5) is 10.9. The number of rotatable bonds is 3. The fourth-order valence-corrected chi connectivity index (χ4v) is 2.48. The lowest BCUT2D eigenvalue weighted by Crippen LogP contribution is -2.04. The van der Waals surface area contributed by atoms with Crippen molar-refractivity contribution >= 4 is 29.5 Å². The van der Waals surface area contributed by atoms with E-state index in [0.717, 1.165) is 28.8 Å². The molecule has 94 valence electrons. The number of aryl methyl sites for hydroxylation is 1. The van der Waals surface area contributed by atoms with Crippen LogP contribution in [0.1, 0.15) is 27.3 Å². The Balaban J connectivity index is 2.39. The first kappa shape index (κ1) is 13.2. The van der Waals surface area contributed by atoms with Crippen LogP contribution in [0.15, 0.2) is 24.3 Å². The predicted molar refractivity (Wildman–Crippen MR) is 74.9 cm³/mol. The molecule has 0 aliphatic rings. The van der Waals surface area contributed by atoms with Crippen LogP contribution in [-0.2, 0) is 6.54 Å². The van der Waals surface area contributed by atoms with E-state index < -0.39 is 0 Å². The molecule has 1 aromatic carbocycles. The van der Waals surface area contributed by atoms with Gasteiger partial charge in [0.2, 0.25) is 0 Å². The maximum absolute atomic E-state index is 10.9. The number of carbonyl (C=O) groups is 1. The zero-order valence-electron chi connectivity index (χ0n) is 10.2. The number of carbonyl (C=O) groups excluding carboxylic acids is 1. The van der Waals surface area contributed by atoms with Crippen molar-refractivity contribution in [3.05, 3.63) is 56.8 Å². The number of hydrogen-bond donors (Lipinski definition) is 0. The highest BCUT2D eigenvalue weighted by Crippen LogP contribution is 2.23. The average Bonchev–Trinajstić information content (AvgIpc) is 2.59. The number of hydrogen-bond acceptors (Lipinski definition) is 1. The second kappa shape index (κ2) is 5.17. The third kappa shape index (κ3) is 2.45. The summed E-state index contributed by atoms with van der Waals surface area (Å²) in [5.41, 5.74) is 3.70. The van der Waals surface area contributed by atoms with Gasteiger partial charge < -0.3 is 4.57 Å². The van der Waals surface area contributed by atoms with Crippen LogP contribution in [0.25, 0.3) is 0 Å². The lowest BCUT2D eigenvalue weighted by Gasteiger charge is -2.11. The molecule has 18 heavy (non-hydrogen) atoms. The van der Waals surface area contributed by atoms with Gasteiger partial charge in [-0.2, -0.15) is 0 Å². The summed E-state index contributed by atoms with van der Waals surface area (Å²) in [7, 11) is 0. The van der Waals surface area contributed by atoms with E-state index in [2.05, 4.69) is 4.57 Å². The molecule has 0 radical (unpaired) electrons. The van der Waals surface area contributed by atoms with Crippen LogP contribution in [0.3, 0.4) is 0 Å². The number of aromatic nitrogens is 1. The van der Waals surface area contributed by atoms with E-state index in [1.165, 1.54) is 0 Å². The third-order valence-electron chi connectivity index (χ3n) is 3.08. The lowest BCUT2D eigenvalue weighted by atomic mass is 10.2. The Morgan fingerprint density at radius 1 is 1.22 bits per heavy atom. The van der Waals surface area contributed by atoms with Crippen molar-refractivity contribution in [2.75, 3.05) is 0 Å². The number of aldehydes is 1. The molecule has 0 atom stereocenters. The van der Waals surface area contributed by atoms with Crippen molar-refractivity contribution in [2.24, 2.45) is 0 Å². The number of benzene rings is 1.